The van der Waals surface area contributed by atoms with E-state index in [9.17, 15) is 0 Å². The van der Waals surface area contributed by atoms with E-state index < -0.39 is 0 Å². The fourth-order valence-electron chi connectivity index (χ4n) is 2.75. The van der Waals surface area contributed by atoms with Gasteiger partial charge in [-0.2, -0.15) is 0 Å². The van der Waals surface area contributed by atoms with Crippen molar-refractivity contribution in [2.24, 2.45) is 0 Å². The molecule has 2 N–H and O–H groups in total. The van der Waals surface area contributed by atoms with Crippen molar-refractivity contribution in [2.45, 2.75) is 31.4 Å². The van der Waals surface area contributed by atoms with E-state index in [2.05, 4.69) is 16.4 Å². The molecule has 0 aliphatic heterocycles. The standard InChI is InChI=1S/C15H19ClN2O/c1-19-15(5-2-6-15)10-17-8-11-9-18-14-7-12(16)3-4-13(11)14/h3-4,7,9,17-18H,2,5-6,8,10H2,1H3. The number of nitrogens with one attached hydrogen (secondary N) is 2. The van der Waals surface area contributed by atoms with Crippen LogP contribution in [0.2, 0.25) is 5.02 Å². The van der Waals surface area contributed by atoms with Gasteiger partial charge in [0, 0.05) is 42.3 Å². The molecular weight excluding hydrogens is 260 g/mol. The highest BCUT2D eigenvalue weighted by Gasteiger charge is 2.36. The minimum Gasteiger partial charge on any atom is -0.377 e. The number of fused-ring (bicyclic) bond motifs is 1. The van der Waals surface area contributed by atoms with Gasteiger partial charge < -0.3 is 15.0 Å². The lowest BCUT2D eigenvalue weighted by molar-refractivity contribution is -0.0695. The number of rotatable bonds is 5. The topological polar surface area (TPSA) is 37.0 Å². The van der Waals surface area contributed by atoms with E-state index in [1.165, 1.54) is 30.2 Å². The number of H-pyrrole nitrogens is 1. The Bertz CT molecular complexity index is 569. The Hall–Kier alpha value is -1.03. The summed E-state index contributed by atoms with van der Waals surface area (Å²) in [5, 5.41) is 5.51. The maximum absolute atomic E-state index is 5.99. The van der Waals surface area contributed by atoms with Gasteiger partial charge in [-0.1, -0.05) is 17.7 Å². The van der Waals surface area contributed by atoms with Gasteiger partial charge in [-0.05, 0) is 37.0 Å². The number of hydrogen-bond acceptors (Lipinski definition) is 2. The fourth-order valence-corrected chi connectivity index (χ4v) is 2.93. The summed E-state index contributed by atoms with van der Waals surface area (Å²) < 4.78 is 5.61. The molecule has 3 nitrogen and oxygen atoms in total. The first-order valence-corrected chi connectivity index (χ1v) is 7.12. The van der Waals surface area contributed by atoms with Crippen LogP contribution in [0.3, 0.4) is 0 Å². The van der Waals surface area contributed by atoms with Gasteiger partial charge in [-0.25, -0.2) is 0 Å². The molecule has 0 unspecified atom stereocenters. The smallest absolute Gasteiger partial charge is 0.0802 e. The third-order valence-electron chi connectivity index (χ3n) is 4.19. The lowest BCUT2D eigenvalue weighted by Gasteiger charge is -2.40. The number of aromatic nitrogens is 1. The molecule has 1 heterocycles. The minimum absolute atomic E-state index is 0.0788. The summed E-state index contributed by atoms with van der Waals surface area (Å²) in [5.41, 5.74) is 2.45. The molecular formula is C15H19ClN2O. The van der Waals surface area contributed by atoms with Crippen LogP contribution in [0.15, 0.2) is 24.4 Å². The van der Waals surface area contributed by atoms with Crippen LogP contribution in [0.1, 0.15) is 24.8 Å². The zero-order chi connectivity index (χ0) is 13.3. The predicted molar refractivity (Wildman–Crippen MR) is 78.6 cm³/mol. The maximum Gasteiger partial charge on any atom is 0.0802 e. The normalized spacial score (nSPS) is 17.6. The Kier molecular flexibility index (Phi) is 3.52. The van der Waals surface area contributed by atoms with Crippen LogP contribution in [0.4, 0.5) is 0 Å². The molecule has 0 spiro atoms. The molecule has 0 saturated heterocycles. The summed E-state index contributed by atoms with van der Waals surface area (Å²) in [6, 6.07) is 5.97. The van der Waals surface area contributed by atoms with Crippen molar-refractivity contribution in [3.63, 3.8) is 0 Å². The Morgan fingerprint density at radius 1 is 1.42 bits per heavy atom. The van der Waals surface area contributed by atoms with Crippen molar-refractivity contribution in [3.05, 3.63) is 35.0 Å². The zero-order valence-electron chi connectivity index (χ0n) is 11.1. The second kappa shape index (κ2) is 5.16. The van der Waals surface area contributed by atoms with Crippen LogP contribution < -0.4 is 5.32 Å². The highest BCUT2D eigenvalue weighted by molar-refractivity contribution is 6.31. The average Bonchev–Trinajstić information content (AvgIpc) is 2.75. The first-order chi connectivity index (χ1) is 9.22. The number of methoxy groups -OCH3 is 1. The Balaban J connectivity index is 1.65. The minimum atomic E-state index is 0.0788. The summed E-state index contributed by atoms with van der Waals surface area (Å²) in [6.45, 7) is 1.77. The van der Waals surface area contributed by atoms with E-state index >= 15 is 0 Å². The molecule has 19 heavy (non-hydrogen) atoms. The lowest BCUT2D eigenvalue weighted by Crippen LogP contribution is -2.47. The van der Waals surface area contributed by atoms with Gasteiger partial charge in [-0.15, -0.1) is 0 Å². The molecule has 1 aromatic heterocycles. The van der Waals surface area contributed by atoms with Crippen LogP contribution in [0.5, 0.6) is 0 Å². The van der Waals surface area contributed by atoms with Crippen LogP contribution in [0, 0.1) is 0 Å². The maximum atomic E-state index is 5.99. The monoisotopic (exact) mass is 278 g/mol. The van der Waals surface area contributed by atoms with Crippen molar-refractivity contribution >= 4 is 22.5 Å². The Morgan fingerprint density at radius 3 is 2.95 bits per heavy atom. The van der Waals surface area contributed by atoms with Crippen LogP contribution in [-0.2, 0) is 11.3 Å². The van der Waals surface area contributed by atoms with E-state index in [-0.39, 0.29) is 5.60 Å². The third kappa shape index (κ3) is 2.50. The molecule has 102 valence electrons. The van der Waals surface area contributed by atoms with E-state index in [0.717, 1.165) is 23.6 Å². The Morgan fingerprint density at radius 2 is 2.26 bits per heavy atom. The van der Waals surface area contributed by atoms with Crippen LogP contribution in [-0.4, -0.2) is 24.2 Å². The number of ether oxygens (including phenoxy) is 1. The zero-order valence-corrected chi connectivity index (χ0v) is 11.9. The first kappa shape index (κ1) is 13.0. The number of hydrogen-bond donors (Lipinski definition) is 2. The van der Waals surface area contributed by atoms with E-state index in [1.54, 1.807) is 0 Å². The van der Waals surface area contributed by atoms with Gasteiger partial charge in [0.05, 0.1) is 5.60 Å². The van der Waals surface area contributed by atoms with Crippen LogP contribution in [0.25, 0.3) is 10.9 Å². The van der Waals surface area contributed by atoms with Gasteiger partial charge in [0.2, 0.25) is 0 Å². The molecule has 3 rings (SSSR count). The summed E-state index contributed by atoms with van der Waals surface area (Å²) in [5.74, 6) is 0. The summed E-state index contributed by atoms with van der Waals surface area (Å²) in [4.78, 5) is 3.26. The quantitative estimate of drug-likeness (QED) is 0.879. The molecule has 0 bridgehead atoms. The second-order valence-corrected chi connectivity index (χ2v) is 5.78. The van der Waals surface area contributed by atoms with Gasteiger partial charge in [-0.3, -0.25) is 0 Å². The van der Waals surface area contributed by atoms with E-state index in [0.29, 0.717) is 0 Å². The molecule has 4 heteroatoms. The highest BCUT2D eigenvalue weighted by Crippen LogP contribution is 2.34. The van der Waals surface area contributed by atoms with Gasteiger partial charge >= 0.3 is 0 Å². The average molecular weight is 279 g/mol. The summed E-state index contributed by atoms with van der Waals surface area (Å²) in [6.07, 6.45) is 5.66. The fraction of sp³-hybridized carbons (Fsp3) is 0.467. The molecule has 0 radical (unpaired) electrons. The van der Waals surface area contributed by atoms with E-state index in [1.807, 2.05) is 25.4 Å². The van der Waals surface area contributed by atoms with Crippen molar-refractivity contribution in [3.8, 4) is 0 Å². The largest absolute Gasteiger partial charge is 0.377 e. The first-order valence-electron chi connectivity index (χ1n) is 6.74. The highest BCUT2D eigenvalue weighted by atomic mass is 35.5. The lowest BCUT2D eigenvalue weighted by atomic mass is 9.80. The third-order valence-corrected chi connectivity index (χ3v) is 4.42. The Labute approximate surface area is 118 Å². The van der Waals surface area contributed by atoms with Crippen molar-refractivity contribution < 1.29 is 4.74 Å². The summed E-state index contributed by atoms with van der Waals surface area (Å²) in [7, 11) is 1.81. The molecule has 0 amide bonds. The summed E-state index contributed by atoms with van der Waals surface area (Å²) >= 11 is 5.99. The molecule has 1 aromatic carbocycles. The molecule has 1 saturated carbocycles. The molecule has 2 aromatic rings. The SMILES string of the molecule is COC1(CNCc2c[nH]c3cc(Cl)ccc23)CCC1. The van der Waals surface area contributed by atoms with Crippen molar-refractivity contribution in [1.82, 2.24) is 10.3 Å². The van der Waals surface area contributed by atoms with Gasteiger partial charge in [0.25, 0.3) is 0 Å². The molecule has 1 fully saturated rings. The number of aromatic amines is 1. The number of halogens is 1. The van der Waals surface area contributed by atoms with Gasteiger partial charge in [0.1, 0.15) is 0 Å². The number of benzene rings is 1. The second-order valence-electron chi connectivity index (χ2n) is 5.35. The molecule has 1 aliphatic rings. The predicted octanol–water partition coefficient (Wildman–Crippen LogP) is 3.48. The van der Waals surface area contributed by atoms with Crippen LogP contribution >= 0.6 is 11.6 Å². The van der Waals surface area contributed by atoms with E-state index in [4.69, 9.17) is 16.3 Å². The molecule has 1 aliphatic carbocycles. The molecule has 0 atom stereocenters. The van der Waals surface area contributed by atoms with Crippen molar-refractivity contribution in [2.75, 3.05) is 13.7 Å². The van der Waals surface area contributed by atoms with Gasteiger partial charge in [0.15, 0.2) is 0 Å². The van der Waals surface area contributed by atoms with Crippen molar-refractivity contribution in [1.29, 1.82) is 0 Å².